The van der Waals surface area contributed by atoms with Crippen LogP contribution in [0.25, 0.3) is 0 Å². The van der Waals surface area contributed by atoms with Crippen LogP contribution in [0.15, 0.2) is 58.1 Å². The summed E-state index contributed by atoms with van der Waals surface area (Å²) in [4.78, 5) is 10.6. The molecule has 0 bridgehead atoms. The monoisotopic (exact) mass is 360 g/mol. The summed E-state index contributed by atoms with van der Waals surface area (Å²) in [5.41, 5.74) is 1.29. The Kier molecular flexibility index (Phi) is 6.01. The summed E-state index contributed by atoms with van der Waals surface area (Å²) in [5, 5.41) is 25.9. The summed E-state index contributed by atoms with van der Waals surface area (Å²) in [6.07, 6.45) is 0.695. The summed E-state index contributed by atoms with van der Waals surface area (Å²) >= 11 is 1.33. The zero-order valence-electron chi connectivity index (χ0n) is 13.4. The number of nitrogens with zero attached hydrogens (tertiary/aromatic N) is 2. The fourth-order valence-corrected chi connectivity index (χ4v) is 4.43. The maximum Gasteiger partial charge on any atom is 0.296 e. The Hall–Kier alpha value is -2.30. The van der Waals surface area contributed by atoms with Gasteiger partial charge in [-0.3, -0.25) is 10.1 Å². The predicted octanol–water partition coefficient (Wildman–Crippen LogP) is 4.88. The molecule has 24 heavy (non-hydrogen) atoms. The largest absolute Gasteiger partial charge is 0.296 e. The van der Waals surface area contributed by atoms with E-state index >= 15 is 0 Å². The topological polar surface area (TPSA) is 79.0 Å². The highest BCUT2D eigenvalue weighted by molar-refractivity contribution is 8.02. The van der Waals surface area contributed by atoms with Crippen molar-refractivity contribution in [3.63, 3.8) is 0 Å². The minimum atomic E-state index is -0.399. The molecule has 0 aliphatic carbocycles. The fourth-order valence-electron chi connectivity index (χ4n) is 2.18. The molecule has 0 saturated carbocycles. The van der Waals surface area contributed by atoms with E-state index in [0.29, 0.717) is 12.1 Å². The van der Waals surface area contributed by atoms with Gasteiger partial charge in [-0.15, -0.1) is 0 Å². The molecule has 3 rings (SSSR count). The lowest BCUT2D eigenvalue weighted by molar-refractivity contribution is -0.383. The highest BCUT2D eigenvalue weighted by Crippen LogP contribution is 2.38. The van der Waals surface area contributed by atoms with E-state index in [1.165, 1.54) is 6.07 Å². The van der Waals surface area contributed by atoms with E-state index in [2.05, 4.69) is 24.6 Å². The zero-order valence-corrected chi connectivity index (χ0v) is 15.1. The molecule has 1 atom stereocenters. The SMILES string of the molecule is CC1(C)CC(C#N)=C[S+]1Nc1ccccc1[N+](=O)[O-].c1ccsc1. The number of nitro benzene ring substituents is 1. The normalized spacial score (nSPS) is 17.9. The van der Waals surface area contributed by atoms with Crippen LogP contribution < -0.4 is 4.72 Å². The van der Waals surface area contributed by atoms with Crippen molar-refractivity contribution >= 4 is 33.8 Å². The number of nitriles is 1. The van der Waals surface area contributed by atoms with E-state index in [1.54, 1.807) is 29.5 Å². The zero-order chi connectivity index (χ0) is 17.6. The Balaban J connectivity index is 0.000000355. The van der Waals surface area contributed by atoms with Gasteiger partial charge in [0, 0.05) is 12.5 Å². The lowest BCUT2D eigenvalue weighted by Gasteiger charge is -2.17. The van der Waals surface area contributed by atoms with Gasteiger partial charge in [-0.25, -0.2) is 0 Å². The van der Waals surface area contributed by atoms with Crippen LogP contribution in [-0.2, 0) is 11.1 Å². The molecule has 2 aromatic rings. The number of hydrogen-bond donors (Lipinski definition) is 1. The summed E-state index contributed by atoms with van der Waals surface area (Å²) in [6.45, 7) is 4.11. The van der Waals surface area contributed by atoms with Crippen molar-refractivity contribution in [3.05, 3.63) is 68.3 Å². The molecular weight excluding hydrogens is 342 g/mol. The van der Waals surface area contributed by atoms with E-state index in [-0.39, 0.29) is 21.5 Å². The number of thiophene rings is 1. The Morgan fingerprint density at radius 1 is 1.29 bits per heavy atom. The molecule has 1 unspecified atom stereocenters. The maximum absolute atomic E-state index is 11.0. The van der Waals surface area contributed by atoms with Crippen LogP contribution in [0, 0.1) is 21.4 Å². The van der Waals surface area contributed by atoms with E-state index in [0.717, 1.165) is 5.57 Å². The molecule has 1 aliphatic heterocycles. The molecule has 0 fully saturated rings. The number of para-hydroxylation sites is 2. The molecule has 5 nitrogen and oxygen atoms in total. The van der Waals surface area contributed by atoms with Crippen molar-refractivity contribution in [2.45, 2.75) is 25.0 Å². The first-order chi connectivity index (χ1) is 11.4. The van der Waals surface area contributed by atoms with E-state index < -0.39 is 4.92 Å². The van der Waals surface area contributed by atoms with Gasteiger partial charge in [0.2, 0.25) is 0 Å². The highest BCUT2D eigenvalue weighted by atomic mass is 32.2. The first kappa shape index (κ1) is 18.0. The van der Waals surface area contributed by atoms with Gasteiger partial charge in [-0.2, -0.15) is 21.3 Å². The van der Waals surface area contributed by atoms with Crippen LogP contribution in [0.4, 0.5) is 11.4 Å². The van der Waals surface area contributed by atoms with Gasteiger partial charge < -0.3 is 0 Å². The maximum atomic E-state index is 11.0. The van der Waals surface area contributed by atoms with Crippen LogP contribution in [0.2, 0.25) is 0 Å². The standard InChI is InChI=1S/C13H14N3O2S.C4H4S/c1-13(2)7-10(8-14)9-19(13)15-11-5-3-4-6-12(11)16(17)18;1-2-4-5-3-1/h3-6,9,15H,7H2,1-2H3;1-4H/q+1;. The smallest absolute Gasteiger partial charge is 0.258 e. The first-order valence-electron chi connectivity index (χ1n) is 7.25. The van der Waals surface area contributed by atoms with E-state index in [1.807, 2.05) is 28.3 Å². The Bertz CT molecular complexity index is 747. The molecule has 1 aromatic carbocycles. The average molecular weight is 360 g/mol. The molecular formula is C17H18N3O2S2+. The molecule has 2 heterocycles. The second-order valence-corrected chi connectivity index (χ2v) is 8.74. The summed E-state index contributed by atoms with van der Waals surface area (Å²) in [7, 11) is 0. The molecule has 1 N–H and O–H groups in total. The Morgan fingerprint density at radius 2 is 1.96 bits per heavy atom. The quantitative estimate of drug-likeness (QED) is 0.481. The minimum Gasteiger partial charge on any atom is -0.258 e. The fraction of sp³-hybridized carbons (Fsp3) is 0.235. The Morgan fingerprint density at radius 3 is 2.46 bits per heavy atom. The number of nitro groups is 1. The van der Waals surface area contributed by atoms with Crippen LogP contribution in [0.5, 0.6) is 0 Å². The van der Waals surface area contributed by atoms with Gasteiger partial charge in [0.05, 0.1) is 16.6 Å². The number of anilines is 1. The van der Waals surface area contributed by atoms with Crippen LogP contribution in [0.1, 0.15) is 20.3 Å². The van der Waals surface area contributed by atoms with Crippen molar-refractivity contribution in [2.75, 3.05) is 4.72 Å². The lowest BCUT2D eigenvalue weighted by atomic mass is 10.1. The third-order valence-electron chi connectivity index (χ3n) is 3.36. The third-order valence-corrected chi connectivity index (χ3v) is 6.28. The average Bonchev–Trinajstić information content (AvgIpc) is 3.20. The molecule has 1 aliphatic rings. The van der Waals surface area contributed by atoms with E-state index in [4.69, 9.17) is 5.26 Å². The molecule has 0 radical (unpaired) electrons. The van der Waals surface area contributed by atoms with Crippen LogP contribution >= 0.6 is 11.3 Å². The number of allylic oxidation sites excluding steroid dienone is 1. The van der Waals surface area contributed by atoms with Gasteiger partial charge in [0.25, 0.3) is 5.69 Å². The third kappa shape index (κ3) is 4.60. The molecule has 0 spiro atoms. The summed E-state index contributed by atoms with van der Waals surface area (Å²) in [5.74, 6) is 0. The first-order valence-corrected chi connectivity index (χ1v) is 9.48. The second kappa shape index (κ2) is 7.99. The van der Waals surface area contributed by atoms with Crippen molar-refractivity contribution in [2.24, 2.45) is 0 Å². The Labute approximate surface area is 148 Å². The minimum absolute atomic E-state index is 0.0598. The molecule has 7 heteroatoms. The van der Waals surface area contributed by atoms with Gasteiger partial charge in [0.1, 0.15) is 11.1 Å². The summed E-state index contributed by atoms with van der Waals surface area (Å²) < 4.78 is 3.10. The van der Waals surface area contributed by atoms with Crippen molar-refractivity contribution in [1.82, 2.24) is 0 Å². The number of hydrogen-bond acceptors (Lipinski definition) is 5. The van der Waals surface area contributed by atoms with Gasteiger partial charge in [0.15, 0.2) is 15.8 Å². The van der Waals surface area contributed by atoms with Gasteiger partial charge in [-0.1, -0.05) is 24.3 Å². The number of rotatable bonds is 3. The molecule has 0 saturated heterocycles. The molecule has 1 aromatic heterocycles. The van der Waals surface area contributed by atoms with Gasteiger partial charge in [-0.05, 0) is 30.7 Å². The van der Waals surface area contributed by atoms with Gasteiger partial charge >= 0.3 is 0 Å². The van der Waals surface area contributed by atoms with E-state index in [9.17, 15) is 10.1 Å². The number of nitrogens with one attached hydrogen (secondary N) is 1. The number of benzene rings is 1. The molecule has 0 amide bonds. The predicted molar refractivity (Wildman–Crippen MR) is 101 cm³/mol. The second-order valence-electron chi connectivity index (χ2n) is 5.70. The molecule has 124 valence electrons. The van der Waals surface area contributed by atoms with Crippen molar-refractivity contribution in [1.29, 1.82) is 5.26 Å². The van der Waals surface area contributed by atoms with Crippen LogP contribution in [0.3, 0.4) is 0 Å². The van der Waals surface area contributed by atoms with Crippen molar-refractivity contribution < 1.29 is 4.92 Å². The lowest BCUT2D eigenvalue weighted by Crippen LogP contribution is -2.31. The summed E-state index contributed by atoms with van der Waals surface area (Å²) in [6, 6.07) is 12.8. The van der Waals surface area contributed by atoms with Crippen molar-refractivity contribution in [3.8, 4) is 6.07 Å². The highest BCUT2D eigenvalue weighted by Gasteiger charge is 2.46. The van der Waals surface area contributed by atoms with Crippen LogP contribution in [-0.4, -0.2) is 9.67 Å².